The van der Waals surface area contributed by atoms with Crippen LogP contribution in [0.2, 0.25) is 0 Å². The SMILES string of the molecule is CC1COC2(C)C(C)C2(C)O1. The summed E-state index contributed by atoms with van der Waals surface area (Å²) in [4.78, 5) is 0. The van der Waals surface area contributed by atoms with Crippen LogP contribution < -0.4 is 0 Å². The molecule has 0 aromatic rings. The molecule has 1 aliphatic carbocycles. The van der Waals surface area contributed by atoms with Crippen molar-refractivity contribution >= 4 is 0 Å². The van der Waals surface area contributed by atoms with Gasteiger partial charge >= 0.3 is 0 Å². The summed E-state index contributed by atoms with van der Waals surface area (Å²) in [6.07, 6.45) is 0.262. The smallest absolute Gasteiger partial charge is 0.100 e. The number of hydrogen-bond donors (Lipinski definition) is 0. The summed E-state index contributed by atoms with van der Waals surface area (Å²) in [7, 11) is 0. The van der Waals surface area contributed by atoms with Crippen molar-refractivity contribution in [1.29, 1.82) is 0 Å². The molecule has 1 saturated carbocycles. The molecular formula is C9H16O2. The van der Waals surface area contributed by atoms with Gasteiger partial charge < -0.3 is 9.47 Å². The fraction of sp³-hybridized carbons (Fsp3) is 1.00. The zero-order valence-corrected chi connectivity index (χ0v) is 7.68. The standard InChI is InChI=1S/C9H16O2/c1-6-5-10-8(3)7(2)9(8,4)11-6/h6-7H,5H2,1-4H3. The van der Waals surface area contributed by atoms with E-state index in [4.69, 9.17) is 9.47 Å². The van der Waals surface area contributed by atoms with Crippen LogP contribution in [0.5, 0.6) is 0 Å². The molecule has 0 N–H and O–H groups in total. The molecule has 0 amide bonds. The second kappa shape index (κ2) is 1.80. The summed E-state index contributed by atoms with van der Waals surface area (Å²) in [5, 5.41) is 0. The zero-order chi connectivity index (χ0) is 8.28. The molecular weight excluding hydrogens is 140 g/mol. The van der Waals surface area contributed by atoms with Crippen LogP contribution >= 0.6 is 0 Å². The summed E-state index contributed by atoms with van der Waals surface area (Å²) in [6.45, 7) is 9.29. The summed E-state index contributed by atoms with van der Waals surface area (Å²) in [6, 6.07) is 0. The van der Waals surface area contributed by atoms with Crippen LogP contribution in [0.4, 0.5) is 0 Å². The summed E-state index contributed by atoms with van der Waals surface area (Å²) in [5.41, 5.74) is -0.00975. The fourth-order valence-electron chi connectivity index (χ4n) is 2.21. The molecule has 2 heteroatoms. The zero-order valence-electron chi connectivity index (χ0n) is 7.68. The first-order valence-electron chi connectivity index (χ1n) is 4.32. The molecule has 4 atom stereocenters. The molecule has 4 unspecified atom stereocenters. The van der Waals surface area contributed by atoms with Crippen molar-refractivity contribution in [3.8, 4) is 0 Å². The third-order valence-corrected chi connectivity index (χ3v) is 3.62. The Morgan fingerprint density at radius 3 is 2.27 bits per heavy atom. The Kier molecular flexibility index (Phi) is 1.24. The Bertz CT molecular complexity index is 192. The van der Waals surface area contributed by atoms with Crippen LogP contribution in [0.3, 0.4) is 0 Å². The van der Waals surface area contributed by atoms with Crippen LogP contribution in [0.25, 0.3) is 0 Å². The van der Waals surface area contributed by atoms with E-state index in [-0.39, 0.29) is 17.3 Å². The van der Waals surface area contributed by atoms with Crippen LogP contribution in [-0.2, 0) is 9.47 Å². The number of ether oxygens (including phenoxy) is 2. The maximum atomic E-state index is 5.84. The molecule has 0 bridgehead atoms. The van der Waals surface area contributed by atoms with Crippen LogP contribution in [-0.4, -0.2) is 23.9 Å². The van der Waals surface area contributed by atoms with E-state index in [2.05, 4.69) is 27.7 Å². The van der Waals surface area contributed by atoms with E-state index < -0.39 is 0 Å². The molecule has 0 spiro atoms. The van der Waals surface area contributed by atoms with Crippen molar-refractivity contribution in [3.05, 3.63) is 0 Å². The Morgan fingerprint density at radius 1 is 1.18 bits per heavy atom. The lowest BCUT2D eigenvalue weighted by Gasteiger charge is -2.30. The van der Waals surface area contributed by atoms with E-state index in [0.717, 1.165) is 6.61 Å². The molecule has 2 rings (SSSR count). The first-order chi connectivity index (χ1) is 5.01. The lowest BCUT2D eigenvalue weighted by atomic mass is 10.2. The molecule has 1 heterocycles. The van der Waals surface area contributed by atoms with Gasteiger partial charge in [-0.1, -0.05) is 6.92 Å². The minimum Gasteiger partial charge on any atom is -0.369 e. The topological polar surface area (TPSA) is 18.5 Å². The Morgan fingerprint density at radius 2 is 1.82 bits per heavy atom. The first kappa shape index (κ1) is 7.56. The van der Waals surface area contributed by atoms with Gasteiger partial charge in [0.15, 0.2) is 0 Å². The van der Waals surface area contributed by atoms with Gasteiger partial charge in [0, 0.05) is 5.92 Å². The Hall–Kier alpha value is -0.0800. The largest absolute Gasteiger partial charge is 0.369 e. The van der Waals surface area contributed by atoms with E-state index >= 15 is 0 Å². The van der Waals surface area contributed by atoms with E-state index in [0.29, 0.717) is 5.92 Å². The van der Waals surface area contributed by atoms with Gasteiger partial charge in [0.1, 0.15) is 5.60 Å². The van der Waals surface area contributed by atoms with Crippen LogP contribution in [0.1, 0.15) is 27.7 Å². The highest BCUT2D eigenvalue weighted by atomic mass is 16.6. The van der Waals surface area contributed by atoms with E-state index in [9.17, 15) is 0 Å². The monoisotopic (exact) mass is 156 g/mol. The van der Waals surface area contributed by atoms with Gasteiger partial charge in [-0.3, -0.25) is 0 Å². The Labute approximate surface area is 67.9 Å². The molecule has 0 aromatic carbocycles. The minimum absolute atomic E-state index is 0.000486. The van der Waals surface area contributed by atoms with Crippen molar-refractivity contribution in [2.75, 3.05) is 6.61 Å². The van der Waals surface area contributed by atoms with Crippen LogP contribution in [0, 0.1) is 5.92 Å². The molecule has 64 valence electrons. The number of fused-ring (bicyclic) bond motifs is 1. The highest BCUT2D eigenvalue weighted by molar-refractivity contribution is 5.23. The molecule has 0 radical (unpaired) electrons. The predicted octanol–water partition coefficient (Wildman–Crippen LogP) is 1.59. The maximum absolute atomic E-state index is 5.84. The average molecular weight is 156 g/mol. The van der Waals surface area contributed by atoms with Crippen molar-refractivity contribution < 1.29 is 9.47 Å². The van der Waals surface area contributed by atoms with E-state index in [1.165, 1.54) is 0 Å². The molecule has 1 aliphatic heterocycles. The minimum atomic E-state index is -0.00926. The van der Waals surface area contributed by atoms with Crippen LogP contribution in [0.15, 0.2) is 0 Å². The number of rotatable bonds is 0. The predicted molar refractivity (Wildman–Crippen MR) is 42.5 cm³/mol. The third-order valence-electron chi connectivity index (χ3n) is 3.62. The lowest BCUT2D eigenvalue weighted by molar-refractivity contribution is -0.161. The normalized spacial score (nSPS) is 62.2. The molecule has 0 aromatic heterocycles. The third kappa shape index (κ3) is 0.695. The molecule has 1 saturated heterocycles. The van der Waals surface area contributed by atoms with Gasteiger partial charge in [-0.15, -0.1) is 0 Å². The highest BCUT2D eigenvalue weighted by Gasteiger charge is 2.73. The van der Waals surface area contributed by atoms with Gasteiger partial charge in [-0.2, -0.15) is 0 Å². The van der Waals surface area contributed by atoms with Crippen molar-refractivity contribution in [2.45, 2.75) is 45.0 Å². The quantitative estimate of drug-likeness (QED) is 0.530. The fourth-order valence-corrected chi connectivity index (χ4v) is 2.21. The van der Waals surface area contributed by atoms with Gasteiger partial charge in [-0.05, 0) is 20.8 Å². The molecule has 2 fully saturated rings. The van der Waals surface area contributed by atoms with Gasteiger partial charge in [-0.25, -0.2) is 0 Å². The first-order valence-corrected chi connectivity index (χ1v) is 4.32. The van der Waals surface area contributed by atoms with E-state index in [1.54, 1.807) is 0 Å². The maximum Gasteiger partial charge on any atom is 0.100 e. The van der Waals surface area contributed by atoms with Gasteiger partial charge in [0.05, 0.1) is 18.3 Å². The van der Waals surface area contributed by atoms with Gasteiger partial charge in [0.2, 0.25) is 0 Å². The number of hydrogen-bond acceptors (Lipinski definition) is 2. The average Bonchev–Trinajstić information content (AvgIpc) is 2.35. The van der Waals surface area contributed by atoms with E-state index in [1.807, 2.05) is 0 Å². The molecule has 11 heavy (non-hydrogen) atoms. The molecule has 2 nitrogen and oxygen atoms in total. The highest BCUT2D eigenvalue weighted by Crippen LogP contribution is 2.61. The summed E-state index contributed by atoms with van der Waals surface area (Å²) >= 11 is 0. The second-order valence-electron chi connectivity index (χ2n) is 4.18. The Balaban J connectivity index is 2.19. The van der Waals surface area contributed by atoms with Gasteiger partial charge in [0.25, 0.3) is 0 Å². The van der Waals surface area contributed by atoms with Crippen molar-refractivity contribution in [1.82, 2.24) is 0 Å². The van der Waals surface area contributed by atoms with Crippen molar-refractivity contribution in [3.63, 3.8) is 0 Å². The summed E-state index contributed by atoms with van der Waals surface area (Å²) < 4.78 is 11.6. The molecule has 2 aliphatic rings. The van der Waals surface area contributed by atoms with Crippen molar-refractivity contribution in [2.24, 2.45) is 5.92 Å². The second-order valence-corrected chi connectivity index (χ2v) is 4.18. The summed E-state index contributed by atoms with van der Waals surface area (Å²) in [5.74, 6) is 0.542. The lowest BCUT2D eigenvalue weighted by Crippen LogP contribution is -2.38.